The van der Waals surface area contributed by atoms with Gasteiger partial charge in [0.05, 0.1) is 38.0 Å². The van der Waals surface area contributed by atoms with Crippen LogP contribution >= 0.6 is 0 Å². The highest BCUT2D eigenvalue weighted by Gasteiger charge is 2.07. The van der Waals surface area contributed by atoms with E-state index < -0.39 is 0 Å². The van der Waals surface area contributed by atoms with Crippen LogP contribution in [0.5, 0.6) is 0 Å². The van der Waals surface area contributed by atoms with E-state index in [-0.39, 0.29) is 18.4 Å². The van der Waals surface area contributed by atoms with Crippen LogP contribution in [0.3, 0.4) is 0 Å². The van der Waals surface area contributed by atoms with Gasteiger partial charge >= 0.3 is 0 Å². The molecule has 0 spiro atoms. The maximum Gasteiger partial charge on any atom is 0.251 e. The molecule has 2 amide bonds. The van der Waals surface area contributed by atoms with E-state index in [0.717, 1.165) is 0 Å². The Hall–Kier alpha value is -2.43. The van der Waals surface area contributed by atoms with Gasteiger partial charge in [0, 0.05) is 19.2 Å². The number of benzene rings is 1. The van der Waals surface area contributed by atoms with Crippen molar-refractivity contribution in [3.63, 3.8) is 0 Å². The fourth-order valence-corrected chi connectivity index (χ4v) is 1.53. The number of amides is 2. The molecule has 0 aliphatic heterocycles. The summed E-state index contributed by atoms with van der Waals surface area (Å²) in [6, 6.07) is 8.14. The molecule has 0 unspecified atom stereocenters. The monoisotopic (exact) mass is 305 g/mol. The minimum atomic E-state index is -0.365. The number of nitrogens with one attached hydrogen (secondary N) is 2. The van der Waals surface area contributed by atoms with Crippen LogP contribution in [-0.4, -0.2) is 51.8 Å². The van der Waals surface area contributed by atoms with E-state index in [1.807, 2.05) is 6.07 Å². The smallest absolute Gasteiger partial charge is 0.251 e. The standard InChI is InChI=1S/C15H19N3O4/c1-21-8-9-22-7-6-17-14(19)11-18-15(20)13-4-2-12(10-16)3-5-13/h2-5H,6-9,11H2,1H3,(H,17,19)(H,18,20). The van der Waals surface area contributed by atoms with Crippen LogP contribution in [0, 0.1) is 11.3 Å². The topological polar surface area (TPSA) is 100 Å². The lowest BCUT2D eigenvalue weighted by Crippen LogP contribution is -2.38. The zero-order valence-electron chi connectivity index (χ0n) is 12.4. The van der Waals surface area contributed by atoms with Gasteiger partial charge in [-0.15, -0.1) is 0 Å². The number of hydrogen-bond acceptors (Lipinski definition) is 5. The fourth-order valence-electron chi connectivity index (χ4n) is 1.53. The average molecular weight is 305 g/mol. The first-order chi connectivity index (χ1) is 10.7. The van der Waals surface area contributed by atoms with E-state index in [4.69, 9.17) is 14.7 Å². The number of carbonyl (C=O) groups is 2. The molecule has 0 aliphatic rings. The summed E-state index contributed by atoms with van der Waals surface area (Å²) >= 11 is 0. The van der Waals surface area contributed by atoms with Gasteiger partial charge in [0.15, 0.2) is 0 Å². The fraction of sp³-hybridized carbons (Fsp3) is 0.400. The highest BCUT2D eigenvalue weighted by atomic mass is 16.5. The van der Waals surface area contributed by atoms with Gasteiger partial charge in [0.2, 0.25) is 5.91 Å². The molecular formula is C15H19N3O4. The molecule has 118 valence electrons. The van der Waals surface area contributed by atoms with Crippen molar-refractivity contribution in [1.82, 2.24) is 10.6 Å². The van der Waals surface area contributed by atoms with Crippen molar-refractivity contribution >= 4 is 11.8 Å². The van der Waals surface area contributed by atoms with Gasteiger partial charge in [-0.05, 0) is 24.3 Å². The van der Waals surface area contributed by atoms with Gasteiger partial charge in [-0.25, -0.2) is 0 Å². The van der Waals surface area contributed by atoms with Crippen molar-refractivity contribution in [2.75, 3.05) is 40.0 Å². The molecule has 0 aliphatic carbocycles. The number of nitriles is 1. The van der Waals surface area contributed by atoms with Crippen molar-refractivity contribution in [2.24, 2.45) is 0 Å². The molecule has 0 aromatic heterocycles. The first-order valence-electron chi connectivity index (χ1n) is 6.79. The highest BCUT2D eigenvalue weighted by molar-refractivity contribution is 5.96. The van der Waals surface area contributed by atoms with Gasteiger partial charge in [0.25, 0.3) is 5.91 Å². The van der Waals surface area contributed by atoms with Gasteiger partial charge in [-0.1, -0.05) is 0 Å². The third kappa shape index (κ3) is 6.83. The van der Waals surface area contributed by atoms with Crippen LogP contribution in [0.25, 0.3) is 0 Å². The first-order valence-corrected chi connectivity index (χ1v) is 6.79. The maximum atomic E-state index is 11.8. The molecule has 1 aromatic carbocycles. The molecule has 0 radical (unpaired) electrons. The number of rotatable bonds is 9. The van der Waals surface area contributed by atoms with Crippen LogP contribution in [0.4, 0.5) is 0 Å². The summed E-state index contributed by atoms with van der Waals surface area (Å²) in [5.41, 5.74) is 0.873. The second-order valence-corrected chi connectivity index (χ2v) is 4.33. The van der Waals surface area contributed by atoms with Gasteiger partial charge < -0.3 is 20.1 Å². The number of methoxy groups -OCH3 is 1. The lowest BCUT2D eigenvalue weighted by Gasteiger charge is -2.07. The quantitative estimate of drug-likeness (QED) is 0.629. The third-order valence-electron chi connectivity index (χ3n) is 2.69. The van der Waals surface area contributed by atoms with Crippen LogP contribution in [0.15, 0.2) is 24.3 Å². The summed E-state index contributed by atoms with van der Waals surface area (Å²) in [6.07, 6.45) is 0. The summed E-state index contributed by atoms with van der Waals surface area (Å²) in [5.74, 6) is -0.659. The largest absolute Gasteiger partial charge is 0.382 e. The summed E-state index contributed by atoms with van der Waals surface area (Å²) in [6.45, 7) is 1.63. The molecule has 7 heteroatoms. The molecule has 0 saturated heterocycles. The Morgan fingerprint density at radius 2 is 1.86 bits per heavy atom. The van der Waals surface area contributed by atoms with Crippen LogP contribution in [-0.2, 0) is 14.3 Å². The Balaban J connectivity index is 2.20. The zero-order chi connectivity index (χ0) is 16.2. The molecule has 0 saturated carbocycles. The lowest BCUT2D eigenvalue weighted by atomic mass is 10.1. The van der Waals surface area contributed by atoms with Crippen molar-refractivity contribution in [1.29, 1.82) is 5.26 Å². The summed E-state index contributed by atoms with van der Waals surface area (Å²) in [7, 11) is 1.58. The van der Waals surface area contributed by atoms with Crippen LogP contribution in [0.1, 0.15) is 15.9 Å². The predicted octanol–water partition coefficient (Wildman–Crippen LogP) is 0.0673. The number of hydrogen-bond donors (Lipinski definition) is 2. The SMILES string of the molecule is COCCOCCNC(=O)CNC(=O)c1ccc(C#N)cc1. The highest BCUT2D eigenvalue weighted by Crippen LogP contribution is 2.02. The second kappa shape index (κ2) is 10.3. The van der Waals surface area contributed by atoms with E-state index in [9.17, 15) is 9.59 Å². The Morgan fingerprint density at radius 1 is 1.14 bits per heavy atom. The van der Waals surface area contributed by atoms with E-state index in [0.29, 0.717) is 37.5 Å². The van der Waals surface area contributed by atoms with Crippen molar-refractivity contribution in [3.8, 4) is 6.07 Å². The van der Waals surface area contributed by atoms with Crippen molar-refractivity contribution < 1.29 is 19.1 Å². The van der Waals surface area contributed by atoms with E-state index in [1.54, 1.807) is 19.2 Å². The van der Waals surface area contributed by atoms with E-state index >= 15 is 0 Å². The van der Waals surface area contributed by atoms with E-state index in [1.165, 1.54) is 12.1 Å². The first kappa shape index (κ1) is 17.6. The molecule has 1 aromatic rings. The van der Waals surface area contributed by atoms with Gasteiger partial charge in [-0.2, -0.15) is 5.26 Å². The maximum absolute atomic E-state index is 11.8. The van der Waals surface area contributed by atoms with Crippen LogP contribution in [0.2, 0.25) is 0 Å². The summed E-state index contributed by atoms with van der Waals surface area (Å²) in [4.78, 5) is 23.3. The molecule has 22 heavy (non-hydrogen) atoms. The molecule has 0 heterocycles. The summed E-state index contributed by atoms with van der Waals surface area (Å²) < 4.78 is 10.0. The molecule has 0 atom stereocenters. The van der Waals surface area contributed by atoms with Crippen molar-refractivity contribution in [3.05, 3.63) is 35.4 Å². The Bertz CT molecular complexity index is 523. The third-order valence-corrected chi connectivity index (χ3v) is 2.69. The predicted molar refractivity (Wildman–Crippen MR) is 79.2 cm³/mol. The normalized spacial score (nSPS) is 9.82. The van der Waals surface area contributed by atoms with Gasteiger partial charge in [0.1, 0.15) is 0 Å². The molecule has 2 N–H and O–H groups in total. The molecule has 0 bridgehead atoms. The van der Waals surface area contributed by atoms with Gasteiger partial charge in [-0.3, -0.25) is 9.59 Å². The van der Waals surface area contributed by atoms with E-state index in [2.05, 4.69) is 10.6 Å². The minimum absolute atomic E-state index is 0.114. The lowest BCUT2D eigenvalue weighted by molar-refractivity contribution is -0.120. The minimum Gasteiger partial charge on any atom is -0.382 e. The Labute approximate surface area is 129 Å². The Morgan fingerprint density at radius 3 is 2.50 bits per heavy atom. The number of carbonyl (C=O) groups excluding carboxylic acids is 2. The second-order valence-electron chi connectivity index (χ2n) is 4.33. The molecule has 0 fully saturated rings. The molecule has 7 nitrogen and oxygen atoms in total. The number of ether oxygens (including phenoxy) is 2. The van der Waals surface area contributed by atoms with Crippen molar-refractivity contribution in [2.45, 2.75) is 0 Å². The Kier molecular flexibility index (Phi) is 8.27. The number of nitrogens with zero attached hydrogens (tertiary/aromatic N) is 1. The molecular weight excluding hydrogens is 286 g/mol. The summed E-state index contributed by atoms with van der Waals surface area (Å²) in [5, 5.41) is 13.8. The van der Waals surface area contributed by atoms with Crippen LogP contribution < -0.4 is 10.6 Å². The zero-order valence-corrected chi connectivity index (χ0v) is 12.4. The average Bonchev–Trinajstić information content (AvgIpc) is 2.56. The molecule has 1 rings (SSSR count).